The molecule has 3 aromatic carbocycles. The Balaban J connectivity index is 1.92. The molecule has 0 fully saturated rings. The normalized spacial score (nSPS) is 10.4. The molecule has 0 N–H and O–H groups in total. The molecule has 0 radical (unpaired) electrons. The first-order valence-electron chi connectivity index (χ1n) is 7.29. The second-order valence-corrected chi connectivity index (χ2v) is 5.16. The first-order chi connectivity index (χ1) is 11.2. The van der Waals surface area contributed by atoms with Gasteiger partial charge in [0.15, 0.2) is 11.6 Å². The third-order valence-corrected chi connectivity index (χ3v) is 3.77. The Morgan fingerprint density at radius 2 is 1.26 bits per heavy atom. The lowest BCUT2D eigenvalue weighted by molar-refractivity contribution is 0.387. The van der Waals surface area contributed by atoms with Gasteiger partial charge in [0, 0.05) is 0 Å². The van der Waals surface area contributed by atoms with Crippen LogP contribution in [-0.2, 0) is 0 Å². The van der Waals surface area contributed by atoms with Crippen LogP contribution in [-0.4, -0.2) is 14.2 Å². The Morgan fingerprint density at radius 1 is 0.652 bits per heavy atom. The van der Waals surface area contributed by atoms with Gasteiger partial charge >= 0.3 is 0 Å². The molecule has 3 heteroatoms. The summed E-state index contributed by atoms with van der Waals surface area (Å²) >= 11 is 0. The Kier molecular flexibility index (Phi) is 4.29. The lowest BCUT2D eigenvalue weighted by atomic mass is 10.00. The molecular weight excluding hydrogens is 291 g/mol. The van der Waals surface area contributed by atoms with Crippen molar-refractivity contribution in [2.24, 2.45) is 0 Å². The van der Waals surface area contributed by atoms with E-state index in [-0.39, 0.29) is 11.6 Å². The van der Waals surface area contributed by atoms with Crippen molar-refractivity contribution in [3.05, 3.63) is 72.5 Å². The Labute approximate surface area is 135 Å². The zero-order valence-corrected chi connectivity index (χ0v) is 13.0. The highest BCUT2D eigenvalue weighted by atomic mass is 19.1. The van der Waals surface area contributed by atoms with Crippen LogP contribution in [0.3, 0.4) is 0 Å². The van der Waals surface area contributed by atoms with E-state index in [0.29, 0.717) is 0 Å². The number of benzene rings is 3. The van der Waals surface area contributed by atoms with Gasteiger partial charge in [-0.3, -0.25) is 0 Å². The predicted octanol–water partition coefficient (Wildman–Crippen LogP) is 5.18. The molecule has 0 saturated carbocycles. The second kappa shape index (κ2) is 6.53. The summed E-state index contributed by atoms with van der Waals surface area (Å²) in [6.45, 7) is 0. The van der Waals surface area contributed by atoms with E-state index in [1.807, 2.05) is 48.5 Å². The van der Waals surface area contributed by atoms with Crippen molar-refractivity contribution >= 4 is 0 Å². The summed E-state index contributed by atoms with van der Waals surface area (Å²) in [4.78, 5) is 0. The minimum Gasteiger partial charge on any atom is -0.497 e. The van der Waals surface area contributed by atoms with Gasteiger partial charge in [0.25, 0.3) is 0 Å². The Hall–Kier alpha value is -2.81. The molecule has 0 aliphatic rings. The SMILES string of the molecule is COc1cccc(-c2ccc(-c3ccc(F)c(OC)c3)cc2)c1. The molecule has 3 aromatic rings. The average Bonchev–Trinajstić information content (AvgIpc) is 2.62. The highest BCUT2D eigenvalue weighted by molar-refractivity contribution is 5.71. The number of halogens is 1. The van der Waals surface area contributed by atoms with Gasteiger partial charge in [-0.15, -0.1) is 0 Å². The van der Waals surface area contributed by atoms with Crippen LogP contribution in [0.2, 0.25) is 0 Å². The van der Waals surface area contributed by atoms with Crippen molar-refractivity contribution < 1.29 is 13.9 Å². The zero-order valence-electron chi connectivity index (χ0n) is 13.0. The van der Waals surface area contributed by atoms with Crippen molar-refractivity contribution in [3.63, 3.8) is 0 Å². The van der Waals surface area contributed by atoms with Crippen molar-refractivity contribution in [2.75, 3.05) is 14.2 Å². The molecule has 2 nitrogen and oxygen atoms in total. The van der Waals surface area contributed by atoms with Gasteiger partial charge in [-0.25, -0.2) is 4.39 Å². The van der Waals surface area contributed by atoms with Crippen molar-refractivity contribution in [1.82, 2.24) is 0 Å². The van der Waals surface area contributed by atoms with Crippen molar-refractivity contribution in [1.29, 1.82) is 0 Å². The van der Waals surface area contributed by atoms with Crippen LogP contribution in [0.1, 0.15) is 0 Å². The van der Waals surface area contributed by atoms with E-state index < -0.39 is 0 Å². The van der Waals surface area contributed by atoms with Crippen LogP contribution in [0.5, 0.6) is 11.5 Å². The fraction of sp³-hybridized carbons (Fsp3) is 0.100. The van der Waals surface area contributed by atoms with Crippen LogP contribution in [0.25, 0.3) is 22.3 Å². The molecule has 0 bridgehead atoms. The smallest absolute Gasteiger partial charge is 0.165 e. The van der Waals surface area contributed by atoms with Gasteiger partial charge in [0.05, 0.1) is 14.2 Å². The van der Waals surface area contributed by atoms with Gasteiger partial charge in [0.1, 0.15) is 5.75 Å². The summed E-state index contributed by atoms with van der Waals surface area (Å²) in [6, 6.07) is 20.9. The first-order valence-corrected chi connectivity index (χ1v) is 7.29. The number of hydrogen-bond acceptors (Lipinski definition) is 2. The zero-order chi connectivity index (χ0) is 16.2. The van der Waals surface area contributed by atoms with Crippen molar-refractivity contribution in [2.45, 2.75) is 0 Å². The van der Waals surface area contributed by atoms with E-state index in [1.54, 1.807) is 19.2 Å². The summed E-state index contributed by atoms with van der Waals surface area (Å²) in [7, 11) is 3.12. The molecule has 0 amide bonds. The van der Waals surface area contributed by atoms with Gasteiger partial charge in [-0.2, -0.15) is 0 Å². The lowest BCUT2D eigenvalue weighted by Crippen LogP contribution is -1.89. The van der Waals surface area contributed by atoms with E-state index in [1.165, 1.54) is 13.2 Å². The highest BCUT2D eigenvalue weighted by Gasteiger charge is 2.06. The van der Waals surface area contributed by atoms with Gasteiger partial charge in [0.2, 0.25) is 0 Å². The third-order valence-electron chi connectivity index (χ3n) is 3.77. The van der Waals surface area contributed by atoms with E-state index in [2.05, 4.69) is 0 Å². The molecule has 0 aliphatic carbocycles. The standard InChI is InChI=1S/C20H17FO2/c1-22-18-5-3-4-16(12-18)14-6-8-15(9-7-14)17-10-11-19(21)20(13-17)23-2/h3-13H,1-2H3. The summed E-state index contributed by atoms with van der Waals surface area (Å²) in [6.07, 6.45) is 0. The van der Waals surface area contributed by atoms with Gasteiger partial charge in [-0.05, 0) is 46.5 Å². The molecule has 0 heterocycles. The number of methoxy groups -OCH3 is 2. The maximum Gasteiger partial charge on any atom is 0.165 e. The van der Waals surface area contributed by atoms with Crippen LogP contribution in [0.4, 0.5) is 4.39 Å². The fourth-order valence-corrected chi connectivity index (χ4v) is 2.50. The molecular formula is C20H17FO2. The molecule has 0 spiro atoms. The monoisotopic (exact) mass is 308 g/mol. The van der Waals surface area contributed by atoms with Gasteiger partial charge in [-0.1, -0.05) is 42.5 Å². The largest absolute Gasteiger partial charge is 0.497 e. The minimum atomic E-state index is -0.357. The van der Waals surface area contributed by atoms with Crippen LogP contribution in [0.15, 0.2) is 66.7 Å². The first kappa shape index (κ1) is 15.1. The number of hydrogen-bond donors (Lipinski definition) is 0. The minimum absolute atomic E-state index is 0.249. The molecule has 116 valence electrons. The van der Waals surface area contributed by atoms with Crippen LogP contribution in [0, 0.1) is 5.82 Å². The third kappa shape index (κ3) is 3.19. The molecule has 0 atom stereocenters. The average molecular weight is 308 g/mol. The van der Waals surface area contributed by atoms with Crippen LogP contribution < -0.4 is 9.47 Å². The maximum absolute atomic E-state index is 13.5. The molecule has 23 heavy (non-hydrogen) atoms. The topological polar surface area (TPSA) is 18.5 Å². The summed E-state index contributed by atoms with van der Waals surface area (Å²) in [5.41, 5.74) is 4.12. The summed E-state index contributed by atoms with van der Waals surface area (Å²) < 4.78 is 23.8. The van der Waals surface area contributed by atoms with Crippen molar-refractivity contribution in [3.8, 4) is 33.8 Å². The molecule has 0 aliphatic heterocycles. The van der Waals surface area contributed by atoms with Crippen LogP contribution >= 0.6 is 0 Å². The van der Waals surface area contributed by atoms with E-state index in [0.717, 1.165) is 28.0 Å². The summed E-state index contributed by atoms with van der Waals surface area (Å²) in [5.74, 6) is 0.721. The van der Waals surface area contributed by atoms with Gasteiger partial charge < -0.3 is 9.47 Å². The molecule has 3 rings (SSSR count). The number of rotatable bonds is 4. The molecule has 0 saturated heterocycles. The van der Waals surface area contributed by atoms with E-state index in [9.17, 15) is 4.39 Å². The second-order valence-electron chi connectivity index (χ2n) is 5.16. The van der Waals surface area contributed by atoms with E-state index >= 15 is 0 Å². The number of ether oxygens (including phenoxy) is 2. The fourth-order valence-electron chi connectivity index (χ4n) is 2.50. The summed E-state index contributed by atoms with van der Waals surface area (Å²) in [5, 5.41) is 0. The Morgan fingerprint density at radius 3 is 1.87 bits per heavy atom. The molecule has 0 unspecified atom stereocenters. The Bertz CT molecular complexity index is 810. The quantitative estimate of drug-likeness (QED) is 0.661. The highest BCUT2D eigenvalue weighted by Crippen LogP contribution is 2.29. The lowest BCUT2D eigenvalue weighted by Gasteiger charge is -2.08. The van der Waals surface area contributed by atoms with E-state index in [4.69, 9.17) is 9.47 Å². The predicted molar refractivity (Wildman–Crippen MR) is 90.4 cm³/mol. The molecule has 0 aromatic heterocycles. The maximum atomic E-state index is 13.5.